The molecule has 0 saturated heterocycles. The van der Waals surface area contributed by atoms with Crippen molar-refractivity contribution < 1.29 is 9.53 Å². The average molecular weight is 269 g/mol. The van der Waals surface area contributed by atoms with Gasteiger partial charge in [0.1, 0.15) is 11.6 Å². The normalized spacial score (nSPS) is 17.6. The van der Waals surface area contributed by atoms with Crippen LogP contribution in [-0.4, -0.2) is 22.5 Å². The van der Waals surface area contributed by atoms with Crippen molar-refractivity contribution in [2.45, 2.75) is 26.2 Å². The van der Waals surface area contributed by atoms with Crippen LogP contribution in [0.4, 0.5) is 5.69 Å². The molecule has 2 heterocycles. The number of ether oxygens (including phenoxy) is 1. The van der Waals surface area contributed by atoms with Crippen LogP contribution in [0.15, 0.2) is 12.1 Å². The first kappa shape index (κ1) is 11.6. The van der Waals surface area contributed by atoms with Crippen LogP contribution >= 0.6 is 0 Å². The van der Waals surface area contributed by atoms with Crippen molar-refractivity contribution in [2.24, 2.45) is 5.92 Å². The number of anilines is 1. The van der Waals surface area contributed by atoms with Crippen molar-refractivity contribution in [3.8, 4) is 5.75 Å². The Morgan fingerprint density at radius 2 is 2.20 bits per heavy atom. The Morgan fingerprint density at radius 1 is 1.35 bits per heavy atom. The predicted octanol–water partition coefficient (Wildman–Crippen LogP) is 2.22. The largest absolute Gasteiger partial charge is 0.482 e. The van der Waals surface area contributed by atoms with Crippen molar-refractivity contribution >= 4 is 22.5 Å². The molecule has 1 aliphatic heterocycles. The summed E-state index contributed by atoms with van der Waals surface area (Å²) in [6.45, 7) is 1.98. The van der Waals surface area contributed by atoms with Gasteiger partial charge in [-0.05, 0) is 38.2 Å². The summed E-state index contributed by atoms with van der Waals surface area (Å²) in [7, 11) is 0. The molecule has 1 saturated carbocycles. The van der Waals surface area contributed by atoms with Crippen LogP contribution in [-0.2, 0) is 11.2 Å². The van der Waals surface area contributed by atoms with E-state index in [1.54, 1.807) is 0 Å². The lowest BCUT2D eigenvalue weighted by Crippen LogP contribution is -2.25. The molecule has 1 amide bonds. The highest BCUT2D eigenvalue weighted by atomic mass is 16.5. The minimum atomic E-state index is -0.117. The summed E-state index contributed by atoms with van der Waals surface area (Å²) in [6.07, 6.45) is 3.57. The Bertz CT molecular complexity index is 723. The van der Waals surface area contributed by atoms with Gasteiger partial charge in [0.05, 0.1) is 16.9 Å². The maximum absolute atomic E-state index is 11.4. The number of amides is 1. The molecule has 1 fully saturated rings. The number of aryl methyl sites for hydroxylation is 1. The number of fused-ring (bicyclic) bond motifs is 2. The zero-order valence-corrected chi connectivity index (χ0v) is 11.3. The van der Waals surface area contributed by atoms with E-state index in [0.29, 0.717) is 5.75 Å². The second-order valence-electron chi connectivity index (χ2n) is 5.57. The minimum Gasteiger partial charge on any atom is -0.482 e. The van der Waals surface area contributed by atoms with Gasteiger partial charge in [0.2, 0.25) is 0 Å². The van der Waals surface area contributed by atoms with Gasteiger partial charge in [-0.2, -0.15) is 0 Å². The van der Waals surface area contributed by atoms with E-state index in [1.807, 2.05) is 19.1 Å². The fraction of sp³-hybridized carbons (Fsp3) is 0.400. The van der Waals surface area contributed by atoms with Crippen LogP contribution in [0.5, 0.6) is 5.75 Å². The average Bonchev–Trinajstić information content (AvgIpc) is 3.21. The van der Waals surface area contributed by atoms with Gasteiger partial charge in [0, 0.05) is 11.5 Å². The van der Waals surface area contributed by atoms with Crippen molar-refractivity contribution in [1.29, 1.82) is 0 Å². The van der Waals surface area contributed by atoms with Crippen LogP contribution in [0.2, 0.25) is 0 Å². The van der Waals surface area contributed by atoms with Crippen LogP contribution in [0.25, 0.3) is 10.9 Å². The summed E-state index contributed by atoms with van der Waals surface area (Å²) in [6, 6.07) is 3.84. The van der Waals surface area contributed by atoms with Gasteiger partial charge >= 0.3 is 0 Å². The Morgan fingerprint density at radius 3 is 3.00 bits per heavy atom. The van der Waals surface area contributed by atoms with E-state index in [1.165, 1.54) is 12.8 Å². The smallest absolute Gasteiger partial charge is 0.262 e. The number of aromatic nitrogens is 2. The maximum Gasteiger partial charge on any atom is 0.262 e. The summed E-state index contributed by atoms with van der Waals surface area (Å²) in [4.78, 5) is 20.5. The lowest BCUT2D eigenvalue weighted by molar-refractivity contribution is -0.118. The zero-order chi connectivity index (χ0) is 13.7. The Hall–Kier alpha value is -2.17. The van der Waals surface area contributed by atoms with Gasteiger partial charge in [-0.3, -0.25) is 4.79 Å². The summed E-state index contributed by atoms with van der Waals surface area (Å²) in [5, 5.41) is 3.86. The fourth-order valence-corrected chi connectivity index (χ4v) is 2.65. The van der Waals surface area contributed by atoms with Crippen molar-refractivity contribution in [3.63, 3.8) is 0 Å². The molecule has 1 N–H and O–H groups in total. The first-order valence-electron chi connectivity index (χ1n) is 6.93. The molecule has 0 radical (unpaired) electrons. The Labute approximate surface area is 116 Å². The van der Waals surface area contributed by atoms with E-state index in [0.717, 1.165) is 40.4 Å². The molecule has 102 valence electrons. The zero-order valence-electron chi connectivity index (χ0n) is 11.3. The highest BCUT2D eigenvalue weighted by Gasteiger charge is 2.24. The quantitative estimate of drug-likeness (QED) is 0.908. The van der Waals surface area contributed by atoms with Crippen molar-refractivity contribution in [1.82, 2.24) is 9.97 Å². The maximum atomic E-state index is 11.4. The number of rotatable bonds is 2. The molecule has 0 spiro atoms. The molecule has 5 nitrogen and oxygen atoms in total. The van der Waals surface area contributed by atoms with Crippen LogP contribution in [0.1, 0.15) is 24.4 Å². The van der Waals surface area contributed by atoms with Crippen molar-refractivity contribution in [3.05, 3.63) is 23.7 Å². The number of benzene rings is 1. The molecule has 4 rings (SSSR count). The second-order valence-corrected chi connectivity index (χ2v) is 5.57. The van der Waals surface area contributed by atoms with Crippen LogP contribution in [0, 0.1) is 12.8 Å². The minimum absolute atomic E-state index is 0.0670. The first-order chi connectivity index (χ1) is 9.69. The lowest BCUT2D eigenvalue weighted by Gasteiger charge is -2.19. The second kappa shape index (κ2) is 4.16. The Kier molecular flexibility index (Phi) is 2.42. The van der Waals surface area contributed by atoms with Crippen molar-refractivity contribution in [2.75, 3.05) is 11.9 Å². The first-order valence-corrected chi connectivity index (χ1v) is 6.93. The molecule has 2 aromatic rings. The molecule has 0 bridgehead atoms. The molecule has 20 heavy (non-hydrogen) atoms. The van der Waals surface area contributed by atoms with E-state index in [2.05, 4.69) is 15.3 Å². The van der Waals surface area contributed by atoms with E-state index in [-0.39, 0.29) is 12.5 Å². The van der Waals surface area contributed by atoms with Gasteiger partial charge in [0.25, 0.3) is 5.91 Å². The number of nitrogens with one attached hydrogen (secondary N) is 1. The third-order valence-corrected chi connectivity index (χ3v) is 3.80. The molecule has 1 aromatic heterocycles. The Balaban J connectivity index is 1.88. The van der Waals surface area contributed by atoms with Gasteiger partial charge in [0.15, 0.2) is 6.61 Å². The molecule has 2 aliphatic rings. The number of carbonyl (C=O) groups excluding carboxylic acids is 1. The molecule has 5 heteroatoms. The molecule has 1 aromatic carbocycles. The lowest BCUT2D eigenvalue weighted by atomic mass is 10.1. The molecular weight excluding hydrogens is 254 g/mol. The molecule has 0 atom stereocenters. The number of hydrogen-bond donors (Lipinski definition) is 1. The van der Waals surface area contributed by atoms with Crippen LogP contribution in [0.3, 0.4) is 0 Å². The predicted molar refractivity (Wildman–Crippen MR) is 74.8 cm³/mol. The number of hydrogen-bond acceptors (Lipinski definition) is 4. The topological polar surface area (TPSA) is 64.1 Å². The summed E-state index contributed by atoms with van der Waals surface area (Å²) in [5.41, 5.74) is 2.69. The van der Waals surface area contributed by atoms with Crippen LogP contribution < -0.4 is 10.1 Å². The van der Waals surface area contributed by atoms with Gasteiger partial charge in [-0.15, -0.1) is 0 Å². The number of nitrogens with zero attached hydrogens (tertiary/aromatic N) is 2. The molecule has 1 aliphatic carbocycles. The van der Waals surface area contributed by atoms with E-state index in [4.69, 9.17) is 4.74 Å². The van der Waals surface area contributed by atoms with Gasteiger partial charge in [-0.25, -0.2) is 9.97 Å². The SMILES string of the molecule is Cc1nc(CC2CC2)c2cc3c(cc2n1)OCC(=O)N3. The van der Waals surface area contributed by atoms with E-state index >= 15 is 0 Å². The highest BCUT2D eigenvalue weighted by Crippen LogP contribution is 2.37. The van der Waals surface area contributed by atoms with E-state index < -0.39 is 0 Å². The van der Waals surface area contributed by atoms with E-state index in [9.17, 15) is 4.79 Å². The summed E-state index contributed by atoms with van der Waals surface area (Å²) < 4.78 is 5.44. The summed E-state index contributed by atoms with van der Waals surface area (Å²) >= 11 is 0. The van der Waals surface area contributed by atoms with Gasteiger partial charge in [-0.1, -0.05) is 0 Å². The highest BCUT2D eigenvalue weighted by molar-refractivity contribution is 5.99. The molecular formula is C15H15N3O2. The monoisotopic (exact) mass is 269 g/mol. The third kappa shape index (κ3) is 1.99. The fourth-order valence-electron chi connectivity index (χ4n) is 2.65. The summed E-state index contributed by atoms with van der Waals surface area (Å²) in [5.74, 6) is 2.11. The van der Waals surface area contributed by atoms with Gasteiger partial charge < -0.3 is 10.1 Å². The number of carbonyl (C=O) groups is 1. The molecule has 0 unspecified atom stereocenters. The standard InChI is InChI=1S/C15H15N3O2/c1-8-16-11(4-9-2-3-9)10-5-13-14(6-12(10)17-8)20-7-15(19)18-13/h5-6,9H,2-4,7H2,1H3,(H,18,19). The third-order valence-electron chi connectivity index (χ3n) is 3.80.